The van der Waals surface area contributed by atoms with Crippen LogP contribution in [0.25, 0.3) is 0 Å². The Morgan fingerprint density at radius 2 is 2.11 bits per heavy atom. The lowest BCUT2D eigenvalue weighted by molar-refractivity contribution is 0.464. The van der Waals surface area contributed by atoms with E-state index in [9.17, 15) is 0 Å². The van der Waals surface area contributed by atoms with Gasteiger partial charge in [0.1, 0.15) is 12.2 Å². The van der Waals surface area contributed by atoms with Crippen molar-refractivity contribution in [3.63, 3.8) is 0 Å². The van der Waals surface area contributed by atoms with E-state index in [-0.39, 0.29) is 6.04 Å². The van der Waals surface area contributed by atoms with Crippen molar-refractivity contribution < 1.29 is 0 Å². The van der Waals surface area contributed by atoms with Gasteiger partial charge in [0.25, 0.3) is 0 Å². The van der Waals surface area contributed by atoms with Gasteiger partial charge < -0.3 is 5.32 Å². The molecule has 2 aromatic rings. The maximum Gasteiger partial charge on any atom is 0.138 e. The summed E-state index contributed by atoms with van der Waals surface area (Å²) in [5.41, 5.74) is 1.04. The second kappa shape index (κ2) is 6.43. The highest BCUT2D eigenvalue weighted by atomic mass is 15.3. The fourth-order valence-corrected chi connectivity index (χ4v) is 2.14. The normalized spacial score (nSPS) is 12.8. The van der Waals surface area contributed by atoms with Crippen LogP contribution in [-0.4, -0.2) is 26.3 Å². The molecule has 1 atom stereocenters. The van der Waals surface area contributed by atoms with E-state index in [0.29, 0.717) is 6.04 Å². The summed E-state index contributed by atoms with van der Waals surface area (Å²) < 4.78 is 1.97. The second-order valence-corrected chi connectivity index (χ2v) is 4.78. The molecule has 1 N–H and O–H groups in total. The molecular weight excluding hydrogens is 238 g/mol. The molecule has 0 aromatic carbocycles. The molecule has 2 rings (SSSR count). The molecule has 5 heteroatoms. The quantitative estimate of drug-likeness (QED) is 0.863. The van der Waals surface area contributed by atoms with Crippen LogP contribution in [0.5, 0.6) is 0 Å². The number of likely N-dealkylation sites (N-methyl/N-ethyl adjacent to an activating group) is 1. The van der Waals surface area contributed by atoms with Crippen LogP contribution >= 0.6 is 0 Å². The number of hydrogen-bond acceptors (Lipinski definition) is 4. The highest BCUT2D eigenvalue weighted by Crippen LogP contribution is 2.16. The monoisotopic (exact) mass is 259 g/mol. The molecule has 0 amide bonds. The fourth-order valence-electron chi connectivity index (χ4n) is 2.14. The molecule has 0 fully saturated rings. The van der Waals surface area contributed by atoms with E-state index in [2.05, 4.69) is 41.2 Å². The van der Waals surface area contributed by atoms with E-state index in [4.69, 9.17) is 0 Å². The van der Waals surface area contributed by atoms with E-state index < -0.39 is 0 Å². The zero-order valence-electron chi connectivity index (χ0n) is 11.7. The Kier molecular flexibility index (Phi) is 4.63. The van der Waals surface area contributed by atoms with E-state index >= 15 is 0 Å². The van der Waals surface area contributed by atoms with Crippen molar-refractivity contribution in [2.24, 2.45) is 0 Å². The van der Waals surface area contributed by atoms with Gasteiger partial charge in [0.15, 0.2) is 0 Å². The number of rotatable bonds is 6. The molecular formula is C14H21N5. The smallest absolute Gasteiger partial charge is 0.138 e. The van der Waals surface area contributed by atoms with E-state index in [1.54, 1.807) is 6.33 Å². The van der Waals surface area contributed by atoms with Crippen LogP contribution in [0.2, 0.25) is 0 Å². The zero-order chi connectivity index (χ0) is 13.7. The predicted molar refractivity (Wildman–Crippen MR) is 74.8 cm³/mol. The number of aromatic nitrogens is 4. The first-order valence-corrected chi connectivity index (χ1v) is 6.75. The third-order valence-electron chi connectivity index (χ3n) is 3.02. The summed E-state index contributed by atoms with van der Waals surface area (Å²) >= 11 is 0. The summed E-state index contributed by atoms with van der Waals surface area (Å²) in [7, 11) is 0. The Labute approximate surface area is 114 Å². The second-order valence-electron chi connectivity index (χ2n) is 4.78. The van der Waals surface area contributed by atoms with E-state index in [0.717, 1.165) is 24.5 Å². The Morgan fingerprint density at radius 3 is 2.74 bits per heavy atom. The standard InChI is InChI=1S/C14H21N5/c1-4-15-13(12-7-5-6-8-16-12)9-14-17-10-18-19(14)11(2)3/h5-8,10-11,13,15H,4,9H2,1-3H3. The van der Waals surface area contributed by atoms with Gasteiger partial charge in [-0.2, -0.15) is 5.10 Å². The minimum absolute atomic E-state index is 0.174. The first kappa shape index (κ1) is 13.7. The molecule has 1 unspecified atom stereocenters. The fraction of sp³-hybridized carbons (Fsp3) is 0.500. The van der Waals surface area contributed by atoms with Crippen LogP contribution in [0.1, 0.15) is 44.4 Å². The van der Waals surface area contributed by atoms with Crippen LogP contribution in [0.3, 0.4) is 0 Å². The predicted octanol–water partition coefficient (Wildman–Crippen LogP) is 2.15. The largest absolute Gasteiger partial charge is 0.309 e. The van der Waals surface area contributed by atoms with Crippen molar-refractivity contribution in [1.82, 2.24) is 25.1 Å². The molecule has 2 aromatic heterocycles. The van der Waals surface area contributed by atoms with Gasteiger partial charge in [-0.15, -0.1) is 0 Å². The minimum Gasteiger partial charge on any atom is -0.309 e. The summed E-state index contributed by atoms with van der Waals surface area (Å²) in [5, 5.41) is 7.74. The maximum absolute atomic E-state index is 4.43. The Morgan fingerprint density at radius 1 is 1.26 bits per heavy atom. The SMILES string of the molecule is CCNC(Cc1ncnn1C(C)C)c1ccccn1. The molecule has 19 heavy (non-hydrogen) atoms. The number of nitrogens with one attached hydrogen (secondary N) is 1. The molecule has 0 aliphatic rings. The first-order valence-electron chi connectivity index (χ1n) is 6.75. The summed E-state index contributed by atoms with van der Waals surface area (Å²) in [6.45, 7) is 7.22. The highest BCUT2D eigenvalue weighted by molar-refractivity contribution is 5.11. The number of hydrogen-bond donors (Lipinski definition) is 1. The van der Waals surface area contributed by atoms with Crippen molar-refractivity contribution in [3.05, 3.63) is 42.2 Å². The third-order valence-corrected chi connectivity index (χ3v) is 3.02. The van der Waals surface area contributed by atoms with Gasteiger partial charge in [0, 0.05) is 18.7 Å². The minimum atomic E-state index is 0.174. The molecule has 0 radical (unpaired) electrons. The number of pyridine rings is 1. The third kappa shape index (κ3) is 3.38. The van der Waals surface area contributed by atoms with Gasteiger partial charge in [-0.25, -0.2) is 9.67 Å². The highest BCUT2D eigenvalue weighted by Gasteiger charge is 2.16. The zero-order valence-corrected chi connectivity index (χ0v) is 11.7. The molecule has 0 spiro atoms. The summed E-state index contributed by atoms with van der Waals surface area (Å²) in [4.78, 5) is 8.80. The van der Waals surface area contributed by atoms with Gasteiger partial charge >= 0.3 is 0 Å². The van der Waals surface area contributed by atoms with Crippen LogP contribution in [0.4, 0.5) is 0 Å². The molecule has 102 valence electrons. The van der Waals surface area contributed by atoms with Crippen molar-refractivity contribution in [2.45, 2.75) is 39.3 Å². The van der Waals surface area contributed by atoms with Gasteiger partial charge in [0.05, 0.1) is 11.7 Å². The van der Waals surface area contributed by atoms with Crippen LogP contribution in [-0.2, 0) is 6.42 Å². The Bertz CT molecular complexity index is 492. The average molecular weight is 259 g/mol. The molecule has 0 saturated carbocycles. The van der Waals surface area contributed by atoms with Crippen LogP contribution in [0, 0.1) is 0 Å². The number of nitrogens with zero attached hydrogens (tertiary/aromatic N) is 4. The Hall–Kier alpha value is -1.75. The summed E-state index contributed by atoms with van der Waals surface area (Å²) in [6, 6.07) is 6.49. The summed E-state index contributed by atoms with van der Waals surface area (Å²) in [6.07, 6.45) is 4.24. The van der Waals surface area contributed by atoms with Gasteiger partial charge in [-0.1, -0.05) is 13.0 Å². The lowest BCUT2D eigenvalue weighted by Crippen LogP contribution is -2.25. The molecule has 0 bridgehead atoms. The van der Waals surface area contributed by atoms with Crippen molar-refractivity contribution in [1.29, 1.82) is 0 Å². The first-order chi connectivity index (χ1) is 9.22. The van der Waals surface area contributed by atoms with Crippen LogP contribution in [0.15, 0.2) is 30.7 Å². The van der Waals surface area contributed by atoms with Crippen molar-refractivity contribution >= 4 is 0 Å². The summed E-state index contributed by atoms with van der Waals surface area (Å²) in [5.74, 6) is 0.992. The van der Waals surface area contributed by atoms with E-state index in [1.165, 1.54) is 0 Å². The van der Waals surface area contributed by atoms with Gasteiger partial charge in [-0.05, 0) is 32.5 Å². The molecule has 2 heterocycles. The molecule has 0 aliphatic heterocycles. The van der Waals surface area contributed by atoms with Crippen molar-refractivity contribution in [2.75, 3.05) is 6.54 Å². The lowest BCUT2D eigenvalue weighted by atomic mass is 10.1. The Balaban J connectivity index is 2.19. The average Bonchev–Trinajstić information content (AvgIpc) is 2.88. The maximum atomic E-state index is 4.43. The van der Waals surface area contributed by atoms with E-state index in [1.807, 2.05) is 29.1 Å². The van der Waals surface area contributed by atoms with Crippen LogP contribution < -0.4 is 5.32 Å². The van der Waals surface area contributed by atoms with Gasteiger partial charge in [-0.3, -0.25) is 4.98 Å². The lowest BCUT2D eigenvalue weighted by Gasteiger charge is -2.18. The topological polar surface area (TPSA) is 55.6 Å². The van der Waals surface area contributed by atoms with Gasteiger partial charge in [0.2, 0.25) is 0 Å². The van der Waals surface area contributed by atoms with Crippen molar-refractivity contribution in [3.8, 4) is 0 Å². The molecule has 5 nitrogen and oxygen atoms in total. The molecule has 0 saturated heterocycles. The molecule has 0 aliphatic carbocycles.